The van der Waals surface area contributed by atoms with Gasteiger partial charge in [0.25, 0.3) is 5.91 Å². The minimum Gasteiger partial charge on any atom is -0.370 e. The Morgan fingerprint density at radius 3 is 2.30 bits per heavy atom. The van der Waals surface area contributed by atoms with Gasteiger partial charge in [0.2, 0.25) is 0 Å². The standard InChI is InChI=1S/C17H26N4O.HI/c1-5-21(6-2)16(22)15-9-7-14(8-10-15)12-20-17(18)19-11-13(3)4;/h7-10H,3,5-6,11-12H2,1-2,4H3,(H3,18,19,20);1H. The van der Waals surface area contributed by atoms with Crippen molar-refractivity contribution in [3.8, 4) is 0 Å². The van der Waals surface area contributed by atoms with Crippen LogP contribution in [0.1, 0.15) is 36.7 Å². The van der Waals surface area contributed by atoms with E-state index in [1.807, 2.05) is 45.0 Å². The fraction of sp³-hybridized carbons (Fsp3) is 0.412. The van der Waals surface area contributed by atoms with Gasteiger partial charge in [-0.3, -0.25) is 4.79 Å². The Morgan fingerprint density at radius 1 is 1.26 bits per heavy atom. The summed E-state index contributed by atoms with van der Waals surface area (Å²) in [6, 6.07) is 7.49. The first-order chi connectivity index (χ1) is 10.5. The minimum atomic E-state index is 0. The van der Waals surface area contributed by atoms with Crippen LogP contribution in [0.2, 0.25) is 0 Å². The third-order valence-electron chi connectivity index (χ3n) is 3.25. The summed E-state index contributed by atoms with van der Waals surface area (Å²) in [5.74, 6) is 0.453. The Labute approximate surface area is 156 Å². The second kappa shape index (κ2) is 11.0. The quantitative estimate of drug-likeness (QED) is 0.303. The maximum atomic E-state index is 12.2. The maximum Gasteiger partial charge on any atom is 0.253 e. The Balaban J connectivity index is 0.00000484. The molecule has 0 aliphatic heterocycles. The van der Waals surface area contributed by atoms with Gasteiger partial charge in [0.05, 0.1) is 6.54 Å². The number of hydrogen-bond acceptors (Lipinski definition) is 2. The van der Waals surface area contributed by atoms with Crippen LogP contribution in [0.4, 0.5) is 0 Å². The van der Waals surface area contributed by atoms with Crippen molar-refractivity contribution in [2.75, 3.05) is 19.6 Å². The molecule has 0 fully saturated rings. The molecule has 0 saturated heterocycles. The average Bonchev–Trinajstić information content (AvgIpc) is 2.52. The Hall–Kier alpha value is -1.57. The molecule has 1 rings (SSSR count). The molecule has 6 heteroatoms. The van der Waals surface area contributed by atoms with E-state index >= 15 is 0 Å². The lowest BCUT2D eigenvalue weighted by molar-refractivity contribution is 0.0773. The van der Waals surface area contributed by atoms with Crippen molar-refractivity contribution < 1.29 is 4.79 Å². The van der Waals surface area contributed by atoms with Crippen LogP contribution in [0.5, 0.6) is 0 Å². The number of guanidine groups is 1. The summed E-state index contributed by atoms with van der Waals surface area (Å²) in [5.41, 5.74) is 8.47. The second-order valence-corrected chi connectivity index (χ2v) is 5.19. The smallest absolute Gasteiger partial charge is 0.253 e. The van der Waals surface area contributed by atoms with Crippen LogP contribution in [-0.2, 0) is 6.54 Å². The van der Waals surface area contributed by atoms with Gasteiger partial charge in [0.15, 0.2) is 5.96 Å². The molecule has 5 nitrogen and oxygen atoms in total. The predicted molar refractivity (Wildman–Crippen MR) is 107 cm³/mol. The molecule has 0 radical (unpaired) electrons. The number of rotatable bonds is 7. The molecule has 1 amide bonds. The normalized spacial score (nSPS) is 10.7. The highest BCUT2D eigenvalue weighted by atomic mass is 127. The first-order valence-corrected chi connectivity index (χ1v) is 7.54. The van der Waals surface area contributed by atoms with E-state index in [1.165, 1.54) is 0 Å². The molecular weight excluding hydrogens is 403 g/mol. The summed E-state index contributed by atoms with van der Waals surface area (Å²) in [6.07, 6.45) is 0. The highest BCUT2D eigenvalue weighted by molar-refractivity contribution is 14.0. The van der Waals surface area contributed by atoms with Gasteiger partial charge in [-0.05, 0) is 38.5 Å². The molecule has 0 aliphatic rings. The van der Waals surface area contributed by atoms with Crippen molar-refractivity contribution in [2.24, 2.45) is 10.7 Å². The molecule has 0 heterocycles. The van der Waals surface area contributed by atoms with Gasteiger partial charge in [-0.15, -0.1) is 24.0 Å². The Bertz CT molecular complexity index is 536. The van der Waals surface area contributed by atoms with E-state index < -0.39 is 0 Å². The first kappa shape index (κ1) is 21.4. The summed E-state index contributed by atoms with van der Waals surface area (Å²) in [6.45, 7) is 12.2. The molecule has 0 aromatic heterocycles. The van der Waals surface area contributed by atoms with E-state index in [0.29, 0.717) is 37.7 Å². The highest BCUT2D eigenvalue weighted by Gasteiger charge is 2.11. The molecule has 0 aliphatic carbocycles. The molecule has 3 N–H and O–H groups in total. The molecule has 0 bridgehead atoms. The fourth-order valence-corrected chi connectivity index (χ4v) is 1.92. The number of hydrogen-bond donors (Lipinski definition) is 2. The number of nitrogens with zero attached hydrogens (tertiary/aromatic N) is 2. The molecule has 0 atom stereocenters. The molecule has 0 unspecified atom stereocenters. The molecule has 1 aromatic carbocycles. The van der Waals surface area contributed by atoms with Crippen LogP contribution in [0.25, 0.3) is 0 Å². The molecule has 0 saturated carbocycles. The monoisotopic (exact) mass is 430 g/mol. The van der Waals surface area contributed by atoms with Gasteiger partial charge >= 0.3 is 0 Å². The fourth-order valence-electron chi connectivity index (χ4n) is 1.92. The largest absolute Gasteiger partial charge is 0.370 e. The number of carbonyl (C=O) groups excluding carboxylic acids is 1. The van der Waals surface area contributed by atoms with Crippen molar-refractivity contribution in [1.82, 2.24) is 10.2 Å². The Kier molecular flexibility index (Phi) is 10.3. The van der Waals surface area contributed by atoms with Gasteiger partial charge in [0, 0.05) is 25.2 Å². The van der Waals surface area contributed by atoms with Crippen LogP contribution < -0.4 is 11.1 Å². The number of benzene rings is 1. The van der Waals surface area contributed by atoms with Crippen LogP contribution in [0.3, 0.4) is 0 Å². The van der Waals surface area contributed by atoms with Gasteiger partial charge < -0.3 is 16.0 Å². The highest BCUT2D eigenvalue weighted by Crippen LogP contribution is 2.08. The summed E-state index contributed by atoms with van der Waals surface area (Å²) in [7, 11) is 0. The first-order valence-electron chi connectivity index (χ1n) is 7.54. The van der Waals surface area contributed by atoms with Crippen molar-refractivity contribution in [3.05, 3.63) is 47.5 Å². The van der Waals surface area contributed by atoms with Gasteiger partial charge in [-0.25, -0.2) is 4.99 Å². The van der Waals surface area contributed by atoms with E-state index in [9.17, 15) is 4.79 Å². The topological polar surface area (TPSA) is 70.7 Å². The number of carbonyl (C=O) groups is 1. The number of nitrogens with one attached hydrogen (secondary N) is 1. The number of halogens is 1. The van der Waals surface area contributed by atoms with Crippen LogP contribution in [-0.4, -0.2) is 36.4 Å². The maximum absolute atomic E-state index is 12.2. The lowest BCUT2D eigenvalue weighted by atomic mass is 10.1. The zero-order valence-electron chi connectivity index (χ0n) is 14.1. The lowest BCUT2D eigenvalue weighted by Crippen LogP contribution is -2.32. The van der Waals surface area contributed by atoms with E-state index in [0.717, 1.165) is 11.1 Å². The second-order valence-electron chi connectivity index (χ2n) is 5.19. The van der Waals surface area contributed by atoms with Crippen LogP contribution >= 0.6 is 24.0 Å². The van der Waals surface area contributed by atoms with Gasteiger partial charge in [-0.1, -0.05) is 24.3 Å². The van der Waals surface area contributed by atoms with Crippen molar-refractivity contribution in [3.63, 3.8) is 0 Å². The van der Waals surface area contributed by atoms with E-state index in [-0.39, 0.29) is 29.9 Å². The Morgan fingerprint density at radius 2 is 1.83 bits per heavy atom. The lowest BCUT2D eigenvalue weighted by Gasteiger charge is -2.18. The summed E-state index contributed by atoms with van der Waals surface area (Å²) in [5, 5.41) is 2.98. The SMILES string of the molecule is C=C(C)CNC(N)=NCc1ccc(C(=O)N(CC)CC)cc1.I. The molecule has 1 aromatic rings. The summed E-state index contributed by atoms with van der Waals surface area (Å²) in [4.78, 5) is 18.2. The van der Waals surface area contributed by atoms with Crippen LogP contribution in [0.15, 0.2) is 41.4 Å². The van der Waals surface area contributed by atoms with E-state index in [1.54, 1.807) is 4.90 Å². The molecule has 0 spiro atoms. The van der Waals surface area contributed by atoms with E-state index in [4.69, 9.17) is 5.73 Å². The van der Waals surface area contributed by atoms with Crippen molar-refractivity contribution in [1.29, 1.82) is 0 Å². The summed E-state index contributed by atoms with van der Waals surface area (Å²) >= 11 is 0. The number of amides is 1. The van der Waals surface area contributed by atoms with E-state index in [2.05, 4.69) is 16.9 Å². The minimum absolute atomic E-state index is 0. The summed E-state index contributed by atoms with van der Waals surface area (Å²) < 4.78 is 0. The van der Waals surface area contributed by atoms with Crippen molar-refractivity contribution >= 4 is 35.8 Å². The zero-order chi connectivity index (χ0) is 16.5. The van der Waals surface area contributed by atoms with Crippen molar-refractivity contribution in [2.45, 2.75) is 27.3 Å². The predicted octanol–water partition coefficient (Wildman–Crippen LogP) is 2.77. The molecule has 23 heavy (non-hydrogen) atoms. The van der Waals surface area contributed by atoms with Gasteiger partial charge in [0.1, 0.15) is 0 Å². The van der Waals surface area contributed by atoms with Gasteiger partial charge in [-0.2, -0.15) is 0 Å². The third-order valence-corrected chi connectivity index (χ3v) is 3.25. The zero-order valence-corrected chi connectivity index (χ0v) is 16.5. The number of aliphatic imine (C=N–C) groups is 1. The molecular formula is C17H27IN4O. The third kappa shape index (κ3) is 7.49. The number of nitrogens with two attached hydrogens (primary N) is 1. The average molecular weight is 430 g/mol. The molecule has 128 valence electrons. The van der Waals surface area contributed by atoms with Crippen LogP contribution in [0, 0.1) is 0 Å².